The van der Waals surface area contributed by atoms with E-state index < -0.39 is 6.03 Å². The highest BCUT2D eigenvalue weighted by molar-refractivity contribution is 8.00. The summed E-state index contributed by atoms with van der Waals surface area (Å²) in [7, 11) is 0. The summed E-state index contributed by atoms with van der Waals surface area (Å²) in [5.74, 6) is -0.0490. The monoisotopic (exact) mass is 266 g/mol. The molecule has 0 aliphatic rings. The molecule has 0 unspecified atom stereocenters. The molecule has 5 heteroatoms. The minimum Gasteiger partial charge on any atom is -0.338 e. The lowest BCUT2D eigenvalue weighted by Gasteiger charge is -2.07. The van der Waals surface area contributed by atoms with Crippen LogP contribution in [0.25, 0.3) is 0 Å². The summed E-state index contributed by atoms with van der Waals surface area (Å²) in [6.45, 7) is 6.35. The van der Waals surface area contributed by atoms with Crippen LogP contribution >= 0.6 is 11.8 Å². The lowest BCUT2D eigenvalue weighted by atomic mass is 10.2. The minimum atomic E-state index is -0.441. The normalized spacial score (nSPS) is 9.94. The Hall–Kier alpha value is -1.49. The van der Waals surface area contributed by atoms with Crippen molar-refractivity contribution in [2.75, 3.05) is 12.3 Å². The van der Waals surface area contributed by atoms with Gasteiger partial charge in [-0.05, 0) is 32.4 Å². The van der Waals surface area contributed by atoms with E-state index in [2.05, 4.69) is 16.7 Å². The summed E-state index contributed by atoms with van der Waals surface area (Å²) >= 11 is 1.43. The van der Waals surface area contributed by atoms with Gasteiger partial charge >= 0.3 is 6.03 Å². The first-order valence-corrected chi connectivity index (χ1v) is 6.79. The largest absolute Gasteiger partial charge is 0.338 e. The van der Waals surface area contributed by atoms with E-state index in [1.807, 2.05) is 26.0 Å². The highest BCUT2D eigenvalue weighted by atomic mass is 32.2. The van der Waals surface area contributed by atoms with E-state index in [1.54, 1.807) is 6.92 Å². The maximum Gasteiger partial charge on any atom is 0.321 e. The van der Waals surface area contributed by atoms with Crippen molar-refractivity contribution < 1.29 is 9.59 Å². The second-order valence-electron chi connectivity index (χ2n) is 3.97. The molecule has 3 amide bonds. The molecule has 0 saturated heterocycles. The molecule has 2 N–H and O–H groups in total. The summed E-state index contributed by atoms with van der Waals surface area (Å²) < 4.78 is 0. The maximum absolute atomic E-state index is 11.5. The van der Waals surface area contributed by atoms with E-state index in [-0.39, 0.29) is 11.7 Å². The van der Waals surface area contributed by atoms with Crippen molar-refractivity contribution in [1.29, 1.82) is 0 Å². The standard InChI is InChI=1S/C13H18N2O2S/c1-4-14-13(17)15-12(16)8-18-11-6-5-9(2)7-10(11)3/h5-7H,4,8H2,1-3H3,(H2,14,15,16,17). The molecule has 1 aromatic rings. The van der Waals surface area contributed by atoms with Gasteiger partial charge < -0.3 is 5.32 Å². The zero-order valence-corrected chi connectivity index (χ0v) is 11.7. The molecular formula is C13H18N2O2S. The van der Waals surface area contributed by atoms with Crippen molar-refractivity contribution in [3.8, 4) is 0 Å². The van der Waals surface area contributed by atoms with Crippen LogP contribution < -0.4 is 10.6 Å². The van der Waals surface area contributed by atoms with Gasteiger partial charge in [0.05, 0.1) is 5.75 Å². The zero-order chi connectivity index (χ0) is 13.5. The molecule has 0 saturated carbocycles. The van der Waals surface area contributed by atoms with Gasteiger partial charge in [0.1, 0.15) is 0 Å². The van der Waals surface area contributed by atoms with Crippen LogP contribution in [-0.4, -0.2) is 24.2 Å². The number of imide groups is 1. The van der Waals surface area contributed by atoms with E-state index in [0.717, 1.165) is 10.5 Å². The number of benzene rings is 1. The Balaban J connectivity index is 2.45. The molecule has 0 fully saturated rings. The van der Waals surface area contributed by atoms with E-state index in [1.165, 1.54) is 17.3 Å². The summed E-state index contributed by atoms with van der Waals surface area (Å²) in [4.78, 5) is 23.7. The van der Waals surface area contributed by atoms with Gasteiger partial charge in [0, 0.05) is 11.4 Å². The average molecular weight is 266 g/mol. The van der Waals surface area contributed by atoms with Crippen LogP contribution in [0.15, 0.2) is 23.1 Å². The second kappa shape index (κ2) is 7.06. The summed E-state index contributed by atoms with van der Waals surface area (Å²) in [5.41, 5.74) is 2.34. The Bertz CT molecular complexity index is 447. The smallest absolute Gasteiger partial charge is 0.321 e. The van der Waals surface area contributed by atoms with Crippen molar-refractivity contribution in [3.05, 3.63) is 29.3 Å². The molecule has 98 valence electrons. The third-order valence-electron chi connectivity index (χ3n) is 2.28. The summed E-state index contributed by atoms with van der Waals surface area (Å²) in [6, 6.07) is 5.64. The lowest BCUT2D eigenvalue weighted by Crippen LogP contribution is -2.40. The summed E-state index contributed by atoms with van der Waals surface area (Å²) in [5, 5.41) is 4.79. The van der Waals surface area contributed by atoms with Crippen LogP contribution in [-0.2, 0) is 4.79 Å². The van der Waals surface area contributed by atoms with Crippen LogP contribution in [0, 0.1) is 13.8 Å². The Labute approximate surface area is 112 Å². The lowest BCUT2D eigenvalue weighted by molar-refractivity contribution is -0.117. The zero-order valence-electron chi connectivity index (χ0n) is 10.9. The molecular weight excluding hydrogens is 248 g/mol. The number of carbonyl (C=O) groups excluding carboxylic acids is 2. The van der Waals surface area contributed by atoms with E-state index in [4.69, 9.17) is 0 Å². The molecule has 1 rings (SSSR count). The van der Waals surface area contributed by atoms with Crippen molar-refractivity contribution in [1.82, 2.24) is 10.6 Å². The Morgan fingerprint density at radius 2 is 2.00 bits per heavy atom. The number of carbonyl (C=O) groups is 2. The number of amides is 3. The number of nitrogens with one attached hydrogen (secondary N) is 2. The molecule has 0 aliphatic carbocycles. The van der Waals surface area contributed by atoms with E-state index >= 15 is 0 Å². The molecule has 0 aromatic heterocycles. The topological polar surface area (TPSA) is 58.2 Å². The quantitative estimate of drug-likeness (QED) is 0.822. The van der Waals surface area contributed by atoms with Gasteiger partial charge in [0.25, 0.3) is 0 Å². The molecule has 18 heavy (non-hydrogen) atoms. The van der Waals surface area contributed by atoms with Crippen molar-refractivity contribution in [2.45, 2.75) is 25.7 Å². The number of hydrogen-bond donors (Lipinski definition) is 2. The van der Waals surface area contributed by atoms with Gasteiger partial charge in [-0.3, -0.25) is 10.1 Å². The van der Waals surface area contributed by atoms with Crippen molar-refractivity contribution in [3.63, 3.8) is 0 Å². The molecule has 0 aliphatic heterocycles. The van der Waals surface area contributed by atoms with Crippen molar-refractivity contribution in [2.24, 2.45) is 0 Å². The first-order chi connectivity index (χ1) is 8.52. The predicted molar refractivity (Wildman–Crippen MR) is 73.9 cm³/mol. The van der Waals surface area contributed by atoms with E-state index in [0.29, 0.717) is 6.54 Å². The molecule has 0 spiro atoms. The number of urea groups is 1. The third kappa shape index (κ3) is 4.79. The van der Waals surface area contributed by atoms with Crippen LogP contribution in [0.3, 0.4) is 0 Å². The molecule has 0 atom stereocenters. The first kappa shape index (κ1) is 14.6. The predicted octanol–water partition coefficient (Wildman–Crippen LogP) is 2.24. The molecule has 0 bridgehead atoms. The van der Waals surface area contributed by atoms with Gasteiger partial charge in [0.2, 0.25) is 5.91 Å². The van der Waals surface area contributed by atoms with Gasteiger partial charge in [-0.25, -0.2) is 4.79 Å². The van der Waals surface area contributed by atoms with Crippen LogP contribution in [0.5, 0.6) is 0 Å². The Morgan fingerprint density at radius 1 is 1.28 bits per heavy atom. The molecule has 1 aromatic carbocycles. The number of hydrogen-bond acceptors (Lipinski definition) is 3. The highest BCUT2D eigenvalue weighted by Crippen LogP contribution is 2.22. The second-order valence-corrected chi connectivity index (χ2v) is 4.98. The van der Waals surface area contributed by atoms with Gasteiger partial charge in [-0.15, -0.1) is 11.8 Å². The SMILES string of the molecule is CCNC(=O)NC(=O)CSc1ccc(C)cc1C. The Morgan fingerprint density at radius 3 is 2.61 bits per heavy atom. The number of thioether (sulfide) groups is 1. The van der Waals surface area contributed by atoms with Gasteiger partial charge in [0.15, 0.2) is 0 Å². The van der Waals surface area contributed by atoms with Crippen LogP contribution in [0.4, 0.5) is 4.79 Å². The van der Waals surface area contributed by atoms with Crippen LogP contribution in [0.2, 0.25) is 0 Å². The first-order valence-electron chi connectivity index (χ1n) is 5.80. The van der Waals surface area contributed by atoms with E-state index in [9.17, 15) is 9.59 Å². The Kier molecular flexibility index (Phi) is 5.71. The maximum atomic E-state index is 11.5. The minimum absolute atomic E-state index is 0.237. The summed E-state index contributed by atoms with van der Waals surface area (Å²) in [6.07, 6.45) is 0. The van der Waals surface area contributed by atoms with Gasteiger partial charge in [-0.2, -0.15) is 0 Å². The number of rotatable bonds is 4. The fraction of sp³-hybridized carbons (Fsp3) is 0.385. The molecule has 0 radical (unpaired) electrons. The average Bonchev–Trinajstić information content (AvgIpc) is 2.28. The van der Waals surface area contributed by atoms with Gasteiger partial charge in [-0.1, -0.05) is 17.7 Å². The van der Waals surface area contributed by atoms with Crippen LogP contribution in [0.1, 0.15) is 18.1 Å². The van der Waals surface area contributed by atoms with Crippen molar-refractivity contribution >= 4 is 23.7 Å². The molecule has 4 nitrogen and oxygen atoms in total. The third-order valence-corrected chi connectivity index (χ3v) is 3.46. The fourth-order valence-corrected chi connectivity index (χ4v) is 2.28. The molecule has 0 heterocycles. The number of aryl methyl sites for hydroxylation is 2. The fourth-order valence-electron chi connectivity index (χ4n) is 1.47. The highest BCUT2D eigenvalue weighted by Gasteiger charge is 2.08.